The fraction of sp³-hybridized carbons (Fsp3) is 0.429. The van der Waals surface area contributed by atoms with Crippen LogP contribution in [-0.2, 0) is 9.59 Å². The normalized spacial score (nSPS) is 11.3. The number of terminal acetylenes is 1. The summed E-state index contributed by atoms with van der Waals surface area (Å²) in [7, 11) is 0. The van der Waals surface area contributed by atoms with E-state index >= 15 is 0 Å². The molecule has 0 spiro atoms. The number of rotatable bonds is 3. The first-order valence-corrected chi connectivity index (χ1v) is 3.11. The number of carbonyl (C=O) groups excluding carboxylic acids is 1. The van der Waals surface area contributed by atoms with Gasteiger partial charge in [-0.25, -0.2) is 4.79 Å². The molecule has 0 aliphatic heterocycles. The number of carboxylic acid groups (broad SMARTS) is 1. The van der Waals surface area contributed by atoms with Crippen molar-refractivity contribution in [3.63, 3.8) is 0 Å². The Hall–Kier alpha value is -1.50. The molecule has 0 saturated carbocycles. The first-order valence-electron chi connectivity index (χ1n) is 3.11. The van der Waals surface area contributed by atoms with Crippen molar-refractivity contribution in [1.82, 2.24) is 5.32 Å². The Labute approximate surface area is 64.6 Å². The van der Waals surface area contributed by atoms with Gasteiger partial charge in [-0.2, -0.15) is 0 Å². The van der Waals surface area contributed by atoms with E-state index < -0.39 is 17.9 Å². The van der Waals surface area contributed by atoms with Crippen LogP contribution in [0.15, 0.2) is 0 Å². The van der Waals surface area contributed by atoms with Gasteiger partial charge in [0.1, 0.15) is 6.04 Å². The zero-order valence-corrected chi connectivity index (χ0v) is 6.13. The van der Waals surface area contributed by atoms with Gasteiger partial charge in [-0.15, -0.1) is 6.42 Å². The number of hydrogen-bond acceptors (Lipinski definition) is 2. The molecule has 0 saturated heterocycles. The number of nitrogens with one attached hydrogen (secondary N) is 1. The van der Waals surface area contributed by atoms with E-state index in [0.717, 1.165) is 0 Å². The Morgan fingerprint density at radius 3 is 2.55 bits per heavy atom. The molecule has 0 fully saturated rings. The topological polar surface area (TPSA) is 66.4 Å². The molecule has 0 aliphatic rings. The number of hydrogen-bond donors (Lipinski definition) is 2. The highest BCUT2D eigenvalue weighted by Crippen LogP contribution is 1.89. The molecule has 0 rings (SSSR count). The third-order valence-electron chi connectivity index (χ3n) is 1.14. The Morgan fingerprint density at radius 2 is 2.27 bits per heavy atom. The number of carboxylic acids is 1. The van der Waals surface area contributed by atoms with Crippen LogP contribution >= 0.6 is 0 Å². The monoisotopic (exact) mass is 155 g/mol. The van der Waals surface area contributed by atoms with E-state index in [-0.39, 0.29) is 0 Å². The fourth-order valence-corrected chi connectivity index (χ4v) is 0.538. The second kappa shape index (κ2) is 4.34. The first-order chi connectivity index (χ1) is 5.11. The first kappa shape index (κ1) is 9.50. The highest BCUT2D eigenvalue weighted by Gasteiger charge is 2.15. The third kappa shape index (κ3) is 3.26. The van der Waals surface area contributed by atoms with Crippen LogP contribution in [0.5, 0.6) is 0 Å². The molecule has 0 heterocycles. The summed E-state index contributed by atoms with van der Waals surface area (Å²) in [6, 6.07) is -0.876. The molecule has 0 radical (unpaired) electrons. The predicted molar refractivity (Wildman–Crippen MR) is 38.7 cm³/mol. The maximum absolute atomic E-state index is 10.5. The van der Waals surface area contributed by atoms with Crippen LogP contribution in [0.4, 0.5) is 0 Å². The molecule has 0 bridgehead atoms. The van der Waals surface area contributed by atoms with Crippen LogP contribution in [-0.4, -0.2) is 23.0 Å². The molecule has 4 heteroatoms. The van der Waals surface area contributed by atoms with E-state index in [1.165, 1.54) is 0 Å². The molecule has 0 aromatic rings. The van der Waals surface area contributed by atoms with Crippen molar-refractivity contribution in [2.75, 3.05) is 0 Å². The largest absolute Gasteiger partial charge is 0.480 e. The molecule has 4 nitrogen and oxygen atoms in total. The third-order valence-corrected chi connectivity index (χ3v) is 1.14. The molecule has 60 valence electrons. The Kier molecular flexibility index (Phi) is 3.75. The summed E-state index contributed by atoms with van der Waals surface area (Å²) in [6.45, 7) is 1.65. The molecule has 11 heavy (non-hydrogen) atoms. The molecule has 2 N–H and O–H groups in total. The standard InChI is InChI=1S/C7H9NO3/c1-3-5(7(10)11)8-6(9)4-2/h2,5H,3H2,1H3,(H,8,9)(H,10,11)/t5-/m1/s1. The molecule has 1 amide bonds. The SMILES string of the molecule is C#CC(=O)N[C@H](CC)C(=O)O. The van der Waals surface area contributed by atoms with Gasteiger partial charge in [0.05, 0.1) is 0 Å². The van der Waals surface area contributed by atoms with Crippen molar-refractivity contribution < 1.29 is 14.7 Å². The summed E-state index contributed by atoms with van der Waals surface area (Å²) in [5.41, 5.74) is 0. The van der Waals surface area contributed by atoms with Gasteiger partial charge >= 0.3 is 5.97 Å². The molecule has 0 aromatic carbocycles. The van der Waals surface area contributed by atoms with Crippen molar-refractivity contribution in [1.29, 1.82) is 0 Å². The van der Waals surface area contributed by atoms with E-state index in [1.807, 2.05) is 0 Å². The molecular formula is C7H9NO3. The van der Waals surface area contributed by atoms with E-state index in [9.17, 15) is 9.59 Å². The Balaban J connectivity index is 4.01. The van der Waals surface area contributed by atoms with Crippen molar-refractivity contribution in [3.05, 3.63) is 0 Å². The van der Waals surface area contributed by atoms with E-state index in [4.69, 9.17) is 11.5 Å². The van der Waals surface area contributed by atoms with Crippen LogP contribution in [0.25, 0.3) is 0 Å². The average molecular weight is 155 g/mol. The molecule has 0 aliphatic carbocycles. The lowest BCUT2D eigenvalue weighted by atomic mass is 10.2. The fourth-order valence-electron chi connectivity index (χ4n) is 0.538. The summed E-state index contributed by atoms with van der Waals surface area (Å²) >= 11 is 0. The van der Waals surface area contributed by atoms with Gasteiger partial charge in [-0.3, -0.25) is 4.79 Å². The minimum Gasteiger partial charge on any atom is -0.480 e. The molecule has 1 atom stereocenters. The van der Waals surface area contributed by atoms with E-state index in [1.54, 1.807) is 12.8 Å². The smallest absolute Gasteiger partial charge is 0.326 e. The number of amides is 1. The van der Waals surface area contributed by atoms with Crippen LogP contribution in [0.3, 0.4) is 0 Å². The summed E-state index contributed by atoms with van der Waals surface area (Å²) in [5.74, 6) is 0.00306. The lowest BCUT2D eigenvalue weighted by Gasteiger charge is -2.08. The summed E-state index contributed by atoms with van der Waals surface area (Å²) < 4.78 is 0. The predicted octanol–water partition coefficient (Wildman–Crippen LogP) is -0.401. The van der Waals surface area contributed by atoms with Gasteiger partial charge in [-0.1, -0.05) is 6.92 Å². The average Bonchev–Trinajstić information content (AvgIpc) is 1.99. The molecule has 0 aromatic heterocycles. The van der Waals surface area contributed by atoms with Crippen LogP contribution < -0.4 is 5.32 Å². The van der Waals surface area contributed by atoms with E-state index in [2.05, 4.69) is 5.32 Å². The minimum absolute atomic E-state index is 0.322. The highest BCUT2D eigenvalue weighted by molar-refractivity contribution is 5.95. The summed E-state index contributed by atoms with van der Waals surface area (Å²) in [4.78, 5) is 20.8. The zero-order valence-electron chi connectivity index (χ0n) is 6.13. The molecule has 0 unspecified atom stereocenters. The van der Waals surface area contributed by atoms with Crippen molar-refractivity contribution >= 4 is 11.9 Å². The lowest BCUT2D eigenvalue weighted by Crippen LogP contribution is -2.39. The summed E-state index contributed by atoms with van der Waals surface area (Å²) in [6.07, 6.45) is 5.04. The van der Waals surface area contributed by atoms with Crippen LogP contribution in [0, 0.1) is 12.3 Å². The van der Waals surface area contributed by atoms with Gasteiger partial charge in [0.2, 0.25) is 0 Å². The van der Waals surface area contributed by atoms with Crippen molar-refractivity contribution in [3.8, 4) is 12.3 Å². The van der Waals surface area contributed by atoms with Gasteiger partial charge in [0.15, 0.2) is 0 Å². The summed E-state index contributed by atoms with van der Waals surface area (Å²) in [5, 5.41) is 10.6. The second-order valence-electron chi connectivity index (χ2n) is 1.92. The second-order valence-corrected chi connectivity index (χ2v) is 1.92. The number of carbonyl (C=O) groups is 2. The van der Waals surface area contributed by atoms with Crippen LogP contribution in [0.1, 0.15) is 13.3 Å². The van der Waals surface area contributed by atoms with Gasteiger partial charge in [0, 0.05) is 0 Å². The van der Waals surface area contributed by atoms with Crippen molar-refractivity contribution in [2.45, 2.75) is 19.4 Å². The Bertz CT molecular complexity index is 204. The maximum Gasteiger partial charge on any atom is 0.326 e. The Morgan fingerprint density at radius 1 is 1.73 bits per heavy atom. The van der Waals surface area contributed by atoms with Crippen LogP contribution in [0.2, 0.25) is 0 Å². The number of aliphatic carboxylic acids is 1. The van der Waals surface area contributed by atoms with Crippen molar-refractivity contribution in [2.24, 2.45) is 0 Å². The maximum atomic E-state index is 10.5. The lowest BCUT2D eigenvalue weighted by molar-refractivity contribution is -0.141. The minimum atomic E-state index is -1.07. The van der Waals surface area contributed by atoms with Gasteiger partial charge in [-0.05, 0) is 12.3 Å². The molecular weight excluding hydrogens is 146 g/mol. The highest BCUT2D eigenvalue weighted by atomic mass is 16.4. The van der Waals surface area contributed by atoms with Gasteiger partial charge in [0.25, 0.3) is 5.91 Å². The quantitative estimate of drug-likeness (QED) is 0.545. The van der Waals surface area contributed by atoms with E-state index in [0.29, 0.717) is 6.42 Å². The zero-order chi connectivity index (χ0) is 8.85. The van der Waals surface area contributed by atoms with Gasteiger partial charge < -0.3 is 10.4 Å².